The first-order valence-electron chi connectivity index (χ1n) is 9.67. The van der Waals surface area contributed by atoms with Gasteiger partial charge in [-0.25, -0.2) is 9.97 Å². The third-order valence-electron chi connectivity index (χ3n) is 5.03. The molecular formula is C22H24N4O2. The van der Waals surface area contributed by atoms with Gasteiger partial charge < -0.3 is 15.7 Å². The number of carbonyl (C=O) groups is 1. The number of hydrogen-bond acceptors (Lipinski definition) is 5. The Hall–Kier alpha value is -3.15. The molecule has 144 valence electrons. The number of nitrogens with zero attached hydrogens (tertiary/aromatic N) is 2. The molecule has 3 N–H and O–H groups in total. The monoisotopic (exact) mass is 376 g/mol. The molecule has 3 aromatic rings. The average molecular weight is 376 g/mol. The van der Waals surface area contributed by atoms with Crippen molar-refractivity contribution < 1.29 is 9.90 Å². The lowest BCUT2D eigenvalue weighted by Gasteiger charge is -2.24. The van der Waals surface area contributed by atoms with E-state index in [-0.39, 0.29) is 23.6 Å². The van der Waals surface area contributed by atoms with Crippen LogP contribution in [0.2, 0.25) is 0 Å². The lowest BCUT2D eigenvalue weighted by atomic mass is 9.85. The first-order chi connectivity index (χ1) is 13.5. The Morgan fingerprint density at radius 1 is 1.21 bits per heavy atom. The highest BCUT2D eigenvalue weighted by molar-refractivity contribution is 5.94. The summed E-state index contributed by atoms with van der Waals surface area (Å²) in [6, 6.07) is 11.3. The molecule has 0 saturated heterocycles. The average Bonchev–Trinajstić information content (AvgIpc) is 2.59. The zero-order chi connectivity index (χ0) is 19.7. The number of fused-ring (bicyclic) bond motifs is 1. The highest BCUT2D eigenvalue weighted by atomic mass is 16.3. The topological polar surface area (TPSA) is 87.1 Å². The van der Waals surface area contributed by atoms with E-state index < -0.39 is 0 Å². The molecule has 0 bridgehead atoms. The summed E-state index contributed by atoms with van der Waals surface area (Å²) in [6.45, 7) is 4.04. The lowest BCUT2D eigenvalue weighted by Crippen LogP contribution is -2.27. The van der Waals surface area contributed by atoms with E-state index >= 15 is 0 Å². The number of amides is 1. The second-order valence-electron chi connectivity index (χ2n) is 7.62. The third kappa shape index (κ3) is 3.76. The van der Waals surface area contributed by atoms with Gasteiger partial charge in [0.2, 0.25) is 11.9 Å². The number of anilines is 2. The predicted octanol–water partition coefficient (Wildman–Crippen LogP) is 4.56. The van der Waals surface area contributed by atoms with Gasteiger partial charge in [-0.3, -0.25) is 4.79 Å². The molecule has 2 aromatic carbocycles. The van der Waals surface area contributed by atoms with Gasteiger partial charge in [0.25, 0.3) is 0 Å². The van der Waals surface area contributed by atoms with E-state index in [2.05, 4.69) is 20.6 Å². The number of hydrogen-bond donors (Lipinski definition) is 3. The van der Waals surface area contributed by atoms with Gasteiger partial charge in [-0.15, -0.1) is 0 Å². The first kappa shape index (κ1) is 18.2. The minimum absolute atomic E-state index is 0.0738. The molecule has 1 amide bonds. The van der Waals surface area contributed by atoms with Crippen molar-refractivity contribution in [2.24, 2.45) is 5.92 Å². The fourth-order valence-corrected chi connectivity index (χ4v) is 3.31. The van der Waals surface area contributed by atoms with Crippen molar-refractivity contribution in [3.8, 4) is 16.9 Å². The quantitative estimate of drug-likeness (QED) is 0.607. The van der Waals surface area contributed by atoms with Crippen molar-refractivity contribution in [1.82, 2.24) is 9.97 Å². The van der Waals surface area contributed by atoms with E-state index in [0.29, 0.717) is 17.0 Å². The van der Waals surface area contributed by atoms with E-state index in [0.717, 1.165) is 35.9 Å². The zero-order valence-electron chi connectivity index (χ0n) is 16.1. The maximum atomic E-state index is 12.2. The number of rotatable bonds is 5. The number of phenolic OH excluding ortho intramolecular Hbond substituents is 1. The zero-order valence-corrected chi connectivity index (χ0v) is 16.1. The summed E-state index contributed by atoms with van der Waals surface area (Å²) in [5.74, 6) is 0.882. The van der Waals surface area contributed by atoms with Gasteiger partial charge in [0, 0.05) is 40.9 Å². The van der Waals surface area contributed by atoms with E-state index in [1.54, 1.807) is 12.3 Å². The van der Waals surface area contributed by atoms with Crippen LogP contribution >= 0.6 is 0 Å². The Kier molecular flexibility index (Phi) is 4.86. The van der Waals surface area contributed by atoms with Gasteiger partial charge in [0.15, 0.2) is 0 Å². The summed E-state index contributed by atoms with van der Waals surface area (Å²) in [5, 5.41) is 17.6. The highest BCUT2D eigenvalue weighted by Gasteiger charge is 2.25. The molecule has 28 heavy (non-hydrogen) atoms. The number of aromatic hydroxyl groups is 1. The SMILES string of the molecule is CC(C)Nc1ncc2cc(-c3cccc(NC(=O)C4CCC4)c3)c(O)cc2n1. The number of benzene rings is 2. The molecule has 0 unspecified atom stereocenters. The second kappa shape index (κ2) is 7.46. The van der Waals surface area contributed by atoms with Crippen LogP contribution in [-0.2, 0) is 4.79 Å². The van der Waals surface area contributed by atoms with Crippen molar-refractivity contribution >= 4 is 28.4 Å². The van der Waals surface area contributed by atoms with Crippen LogP contribution in [0.3, 0.4) is 0 Å². The van der Waals surface area contributed by atoms with Crippen molar-refractivity contribution in [2.75, 3.05) is 10.6 Å². The molecule has 1 aliphatic rings. The molecule has 4 rings (SSSR count). The predicted molar refractivity (Wildman–Crippen MR) is 111 cm³/mol. The van der Waals surface area contributed by atoms with Crippen LogP contribution in [0.15, 0.2) is 42.6 Å². The molecule has 0 aliphatic heterocycles. The maximum absolute atomic E-state index is 12.2. The summed E-state index contributed by atoms with van der Waals surface area (Å²) < 4.78 is 0. The molecule has 1 heterocycles. The molecule has 1 fully saturated rings. The van der Waals surface area contributed by atoms with Crippen molar-refractivity contribution in [2.45, 2.75) is 39.2 Å². The lowest BCUT2D eigenvalue weighted by molar-refractivity contribution is -0.122. The van der Waals surface area contributed by atoms with Gasteiger partial charge in [0.05, 0.1) is 5.52 Å². The minimum atomic E-state index is 0.0738. The van der Waals surface area contributed by atoms with Gasteiger partial charge in [0.1, 0.15) is 5.75 Å². The molecule has 0 atom stereocenters. The minimum Gasteiger partial charge on any atom is -0.507 e. The number of nitrogens with one attached hydrogen (secondary N) is 2. The van der Waals surface area contributed by atoms with Crippen LogP contribution in [0.25, 0.3) is 22.0 Å². The largest absolute Gasteiger partial charge is 0.507 e. The van der Waals surface area contributed by atoms with E-state index in [1.807, 2.05) is 44.2 Å². The Balaban J connectivity index is 1.63. The van der Waals surface area contributed by atoms with Gasteiger partial charge >= 0.3 is 0 Å². The molecule has 1 aromatic heterocycles. The second-order valence-corrected chi connectivity index (χ2v) is 7.62. The molecule has 0 spiro atoms. The van der Waals surface area contributed by atoms with Crippen LogP contribution in [-0.4, -0.2) is 27.0 Å². The van der Waals surface area contributed by atoms with Gasteiger partial charge in [-0.05, 0) is 50.5 Å². The molecule has 1 saturated carbocycles. The van der Waals surface area contributed by atoms with E-state index in [1.165, 1.54) is 0 Å². The van der Waals surface area contributed by atoms with Crippen molar-refractivity contribution in [3.05, 3.63) is 42.6 Å². The maximum Gasteiger partial charge on any atom is 0.227 e. The van der Waals surface area contributed by atoms with E-state index in [4.69, 9.17) is 0 Å². The van der Waals surface area contributed by atoms with Crippen LogP contribution in [0.5, 0.6) is 5.75 Å². The fourth-order valence-electron chi connectivity index (χ4n) is 3.31. The summed E-state index contributed by atoms with van der Waals surface area (Å²) in [7, 11) is 0. The Morgan fingerprint density at radius 3 is 2.75 bits per heavy atom. The van der Waals surface area contributed by atoms with Crippen LogP contribution in [0.4, 0.5) is 11.6 Å². The standard InChI is InChI=1S/C22H24N4O2/c1-13(2)24-22-23-12-16-10-18(20(27)11-19(16)26-22)15-7-4-8-17(9-15)25-21(28)14-5-3-6-14/h4,7-14,27H,3,5-6H2,1-2H3,(H,25,28)(H,23,24,26). The van der Waals surface area contributed by atoms with Gasteiger partial charge in [-0.2, -0.15) is 0 Å². The summed E-state index contributed by atoms with van der Waals surface area (Å²) in [6.07, 6.45) is 4.80. The van der Waals surface area contributed by atoms with Crippen molar-refractivity contribution in [1.29, 1.82) is 0 Å². The molecule has 1 aliphatic carbocycles. The molecular weight excluding hydrogens is 352 g/mol. The number of aromatic nitrogens is 2. The Bertz CT molecular complexity index is 1030. The van der Waals surface area contributed by atoms with E-state index in [9.17, 15) is 9.90 Å². The Morgan fingerprint density at radius 2 is 2.04 bits per heavy atom. The Labute approximate surface area is 164 Å². The summed E-state index contributed by atoms with van der Waals surface area (Å²) in [4.78, 5) is 21.0. The highest BCUT2D eigenvalue weighted by Crippen LogP contribution is 2.34. The smallest absolute Gasteiger partial charge is 0.227 e. The van der Waals surface area contributed by atoms with Crippen LogP contribution < -0.4 is 10.6 Å². The van der Waals surface area contributed by atoms with Crippen LogP contribution in [0, 0.1) is 5.92 Å². The number of carbonyl (C=O) groups excluding carboxylic acids is 1. The first-order valence-corrected chi connectivity index (χ1v) is 9.67. The van der Waals surface area contributed by atoms with Crippen LogP contribution in [0.1, 0.15) is 33.1 Å². The molecule has 0 radical (unpaired) electrons. The molecule has 6 heteroatoms. The van der Waals surface area contributed by atoms with Gasteiger partial charge in [-0.1, -0.05) is 18.6 Å². The number of phenols is 1. The van der Waals surface area contributed by atoms with Crippen molar-refractivity contribution in [3.63, 3.8) is 0 Å². The normalized spacial score (nSPS) is 14.1. The summed E-state index contributed by atoms with van der Waals surface area (Å²) in [5.41, 5.74) is 2.92. The summed E-state index contributed by atoms with van der Waals surface area (Å²) >= 11 is 0. The third-order valence-corrected chi connectivity index (χ3v) is 5.03. The molecule has 6 nitrogen and oxygen atoms in total. The fraction of sp³-hybridized carbons (Fsp3) is 0.318.